The van der Waals surface area contributed by atoms with E-state index in [-0.39, 0.29) is 18.5 Å². The molecule has 2 rings (SSSR count). The highest BCUT2D eigenvalue weighted by atomic mass is 35.5. The number of hydrogen-bond acceptors (Lipinski definition) is 4. The Morgan fingerprint density at radius 1 is 1.56 bits per heavy atom. The Bertz CT molecular complexity index is 420. The van der Waals surface area contributed by atoms with Gasteiger partial charge in [0.25, 0.3) is 0 Å². The lowest BCUT2D eigenvalue weighted by Gasteiger charge is -2.12. The summed E-state index contributed by atoms with van der Waals surface area (Å²) in [6.45, 7) is 2.93. The molecule has 0 amide bonds. The molecule has 0 saturated heterocycles. The summed E-state index contributed by atoms with van der Waals surface area (Å²) < 4.78 is 10.8. The van der Waals surface area contributed by atoms with E-state index >= 15 is 0 Å². The Labute approximate surface area is 118 Å². The van der Waals surface area contributed by atoms with Gasteiger partial charge in [0.2, 0.25) is 0 Å². The first-order chi connectivity index (χ1) is 8.17. The maximum atomic E-state index is 9.77. The van der Waals surface area contributed by atoms with Crippen molar-refractivity contribution in [2.24, 2.45) is 5.73 Å². The van der Waals surface area contributed by atoms with Crippen molar-refractivity contribution in [2.45, 2.75) is 19.4 Å². The van der Waals surface area contributed by atoms with E-state index < -0.39 is 7.12 Å². The molecule has 100 valence electrons. The average molecular weight is 292 g/mol. The first-order valence-electron chi connectivity index (χ1n) is 5.67. The van der Waals surface area contributed by atoms with Crippen molar-refractivity contribution in [3.05, 3.63) is 22.7 Å². The Kier molecular flexibility index (Phi) is 5.75. The topological polar surface area (TPSA) is 64.7 Å². The minimum Gasteiger partial charge on any atom is -0.494 e. The molecule has 18 heavy (non-hydrogen) atoms. The molecule has 0 radical (unpaired) electrons. The first kappa shape index (κ1) is 15.6. The van der Waals surface area contributed by atoms with Gasteiger partial charge in [0.05, 0.1) is 12.7 Å². The minimum atomic E-state index is -0.971. The van der Waals surface area contributed by atoms with Crippen LogP contribution in [0.25, 0.3) is 0 Å². The van der Waals surface area contributed by atoms with Gasteiger partial charge in [-0.1, -0.05) is 18.5 Å². The standard InChI is InChI=1S/C11H15BClNO3.ClH/c1-2-3-16-7-4-8-11(9(13)5-7)10(6-14)17-12(8)15;/h4-5,10,15H,2-3,6,14H2,1H3;1H. The lowest BCUT2D eigenvalue weighted by atomic mass is 9.79. The summed E-state index contributed by atoms with van der Waals surface area (Å²) in [7, 11) is -0.971. The summed E-state index contributed by atoms with van der Waals surface area (Å²) in [5, 5.41) is 10.3. The third-order valence-electron chi connectivity index (χ3n) is 2.70. The van der Waals surface area contributed by atoms with Gasteiger partial charge in [0.1, 0.15) is 5.75 Å². The van der Waals surface area contributed by atoms with E-state index in [2.05, 4.69) is 0 Å². The molecule has 0 fully saturated rings. The summed E-state index contributed by atoms with van der Waals surface area (Å²) in [5.74, 6) is 0.649. The van der Waals surface area contributed by atoms with Gasteiger partial charge in [-0.3, -0.25) is 0 Å². The van der Waals surface area contributed by atoms with Crippen LogP contribution in [0, 0.1) is 0 Å². The van der Waals surface area contributed by atoms with Gasteiger partial charge in [0, 0.05) is 11.6 Å². The Hall–Kier alpha value is -0.455. The maximum absolute atomic E-state index is 9.77. The molecule has 0 saturated carbocycles. The van der Waals surface area contributed by atoms with Gasteiger partial charge >= 0.3 is 7.12 Å². The maximum Gasteiger partial charge on any atom is 0.492 e. The Morgan fingerprint density at radius 3 is 2.89 bits per heavy atom. The summed E-state index contributed by atoms with van der Waals surface area (Å²) in [4.78, 5) is 0. The molecule has 0 aromatic heterocycles. The molecular formula is C11H16BCl2NO3. The van der Waals surface area contributed by atoms with Crippen LogP contribution in [0.2, 0.25) is 5.02 Å². The van der Waals surface area contributed by atoms with Gasteiger partial charge < -0.3 is 20.1 Å². The van der Waals surface area contributed by atoms with E-state index in [1.54, 1.807) is 12.1 Å². The molecule has 1 unspecified atom stereocenters. The van der Waals surface area contributed by atoms with Crippen molar-refractivity contribution >= 4 is 36.6 Å². The van der Waals surface area contributed by atoms with Crippen LogP contribution in [-0.2, 0) is 4.65 Å². The molecule has 0 bridgehead atoms. The summed E-state index contributed by atoms with van der Waals surface area (Å²) in [5.41, 5.74) is 6.99. The van der Waals surface area contributed by atoms with Crippen LogP contribution < -0.4 is 15.9 Å². The van der Waals surface area contributed by atoms with Crippen molar-refractivity contribution in [2.75, 3.05) is 13.2 Å². The van der Waals surface area contributed by atoms with E-state index in [0.717, 1.165) is 12.0 Å². The van der Waals surface area contributed by atoms with Crippen LogP contribution in [-0.4, -0.2) is 25.3 Å². The van der Waals surface area contributed by atoms with Gasteiger partial charge in [-0.25, -0.2) is 0 Å². The third kappa shape index (κ3) is 2.92. The predicted octanol–water partition coefficient (Wildman–Crippen LogP) is 1.27. The molecule has 1 aliphatic heterocycles. The van der Waals surface area contributed by atoms with Crippen LogP contribution in [0.1, 0.15) is 25.0 Å². The quantitative estimate of drug-likeness (QED) is 0.820. The second-order valence-corrected chi connectivity index (χ2v) is 4.38. The van der Waals surface area contributed by atoms with Gasteiger partial charge in [0.15, 0.2) is 0 Å². The summed E-state index contributed by atoms with van der Waals surface area (Å²) in [6.07, 6.45) is 0.576. The van der Waals surface area contributed by atoms with E-state index in [1.165, 1.54) is 0 Å². The molecule has 1 aromatic carbocycles. The number of ether oxygens (including phenoxy) is 1. The zero-order valence-electron chi connectivity index (χ0n) is 10.1. The first-order valence-corrected chi connectivity index (χ1v) is 6.05. The monoisotopic (exact) mass is 291 g/mol. The number of halogens is 2. The van der Waals surface area contributed by atoms with Crippen molar-refractivity contribution in [1.29, 1.82) is 0 Å². The molecule has 0 spiro atoms. The minimum absolute atomic E-state index is 0. The normalized spacial score (nSPS) is 17.3. The summed E-state index contributed by atoms with van der Waals surface area (Å²) in [6, 6.07) is 3.50. The fourth-order valence-electron chi connectivity index (χ4n) is 1.93. The average Bonchev–Trinajstić information content (AvgIpc) is 2.64. The van der Waals surface area contributed by atoms with Crippen molar-refractivity contribution in [1.82, 2.24) is 0 Å². The highest BCUT2D eigenvalue weighted by Crippen LogP contribution is 2.32. The number of benzene rings is 1. The highest BCUT2D eigenvalue weighted by molar-refractivity contribution is 6.62. The van der Waals surface area contributed by atoms with Crippen LogP contribution in [0.3, 0.4) is 0 Å². The lowest BCUT2D eigenvalue weighted by Crippen LogP contribution is -2.28. The number of hydrogen-bond donors (Lipinski definition) is 2. The summed E-state index contributed by atoms with van der Waals surface area (Å²) >= 11 is 6.17. The second kappa shape index (κ2) is 6.64. The molecule has 7 heteroatoms. The van der Waals surface area contributed by atoms with Gasteiger partial charge in [-0.05, 0) is 29.6 Å². The Balaban J connectivity index is 0.00000162. The second-order valence-electron chi connectivity index (χ2n) is 3.97. The zero-order valence-corrected chi connectivity index (χ0v) is 11.6. The molecule has 1 aliphatic rings. The molecular weight excluding hydrogens is 276 g/mol. The molecule has 4 nitrogen and oxygen atoms in total. The van der Waals surface area contributed by atoms with Crippen LogP contribution in [0.15, 0.2) is 12.1 Å². The fraction of sp³-hybridized carbons (Fsp3) is 0.455. The van der Waals surface area contributed by atoms with E-state index in [0.29, 0.717) is 29.4 Å². The smallest absolute Gasteiger partial charge is 0.492 e. The molecule has 1 atom stereocenters. The van der Waals surface area contributed by atoms with Gasteiger partial charge in [-0.15, -0.1) is 12.4 Å². The van der Waals surface area contributed by atoms with Crippen LogP contribution >= 0.6 is 24.0 Å². The number of nitrogens with two attached hydrogens (primary N) is 1. The molecule has 1 heterocycles. The number of rotatable bonds is 4. The zero-order chi connectivity index (χ0) is 12.4. The van der Waals surface area contributed by atoms with Crippen molar-refractivity contribution in [3.63, 3.8) is 0 Å². The van der Waals surface area contributed by atoms with Crippen LogP contribution in [0.4, 0.5) is 0 Å². The fourth-order valence-corrected chi connectivity index (χ4v) is 2.27. The largest absolute Gasteiger partial charge is 0.494 e. The van der Waals surface area contributed by atoms with Gasteiger partial charge in [-0.2, -0.15) is 0 Å². The van der Waals surface area contributed by atoms with E-state index in [9.17, 15) is 5.02 Å². The predicted molar refractivity (Wildman–Crippen MR) is 75.0 cm³/mol. The van der Waals surface area contributed by atoms with Crippen molar-refractivity contribution in [3.8, 4) is 5.75 Å². The number of fused-ring (bicyclic) bond motifs is 1. The highest BCUT2D eigenvalue weighted by Gasteiger charge is 2.36. The van der Waals surface area contributed by atoms with Crippen LogP contribution in [0.5, 0.6) is 5.75 Å². The van der Waals surface area contributed by atoms with E-state index in [1.807, 2.05) is 6.92 Å². The third-order valence-corrected chi connectivity index (χ3v) is 3.02. The Morgan fingerprint density at radius 2 is 2.28 bits per heavy atom. The molecule has 1 aromatic rings. The SMILES string of the molecule is CCCOc1cc(Cl)c2c(c1)B(O)OC2CN.Cl. The van der Waals surface area contributed by atoms with E-state index in [4.69, 9.17) is 26.7 Å². The molecule has 3 N–H and O–H groups in total. The van der Waals surface area contributed by atoms with Crippen molar-refractivity contribution < 1.29 is 14.4 Å². The lowest BCUT2D eigenvalue weighted by molar-refractivity contribution is 0.198. The molecule has 0 aliphatic carbocycles.